The standard InChI is InChI=1S/C34H45N7O8.C26H33N7O5/c1-22(2)30(39-28(42)8-9-29(43)49-34(3,4)5)33(44)48-17-15-46-14-16-47-26-18-25-32(40-31(26)38-24-10-12-45-13-11-24)41(21-37-25)27-7-6-23(19-35)20-36-27;1-17(2)23(28)26(34)38-12-10-36-9-11-37-21-13-20-25(32-24(21)31-19-5-7-35-8-6-19)33(16-30-20)22-4-3-18(14-27)15-29-22/h6-7,18,20-22,24,30H,8-17H2,1-5H3,(H,38,40)(H,39,42);3-4,13,15-17,19,23H,5-12,28H2,1-2H3,(H,31,32)/t30-;23-/m00/s1. The molecule has 2 atom stereocenters. The van der Waals surface area contributed by atoms with Crippen LogP contribution in [0.1, 0.15) is 98.1 Å². The van der Waals surface area contributed by atoms with Gasteiger partial charge in [-0.3, -0.25) is 23.5 Å². The molecule has 0 bridgehead atoms. The zero-order valence-electron chi connectivity index (χ0n) is 50.3. The number of carbonyl (C=O) groups excluding carboxylic acids is 4. The SMILES string of the molecule is CC(C)[C@H](N)C(=O)OCCOCCOc1cc2ncn(-c3ccc(C#N)cn3)c2nc1NC1CCOCC1.CC(C)[C@H](NC(=O)CCC(=O)OC(C)(C)C)C(=O)OCCOCCOc1cc2ncn(-c3ccc(C#N)cn3)c2nc1NC1CCOCC1. The van der Waals surface area contributed by atoms with E-state index in [4.69, 9.17) is 68.9 Å². The van der Waals surface area contributed by atoms with Crippen LogP contribution < -0.4 is 31.2 Å². The van der Waals surface area contributed by atoms with Crippen molar-refractivity contribution in [3.8, 4) is 35.3 Å². The molecule has 0 aromatic carbocycles. The van der Waals surface area contributed by atoms with Crippen LogP contribution in [0.4, 0.5) is 11.6 Å². The molecule has 8 heterocycles. The Morgan fingerprint density at radius 2 is 1.10 bits per heavy atom. The smallest absolute Gasteiger partial charge is 0.328 e. The van der Waals surface area contributed by atoms with Crippen LogP contribution in [0.15, 0.2) is 61.4 Å². The van der Waals surface area contributed by atoms with Crippen LogP contribution in [0.25, 0.3) is 34.0 Å². The highest BCUT2D eigenvalue weighted by Gasteiger charge is 2.27. The number of hydrogen-bond acceptors (Lipinski definition) is 24. The summed E-state index contributed by atoms with van der Waals surface area (Å²) in [4.78, 5) is 76.2. The van der Waals surface area contributed by atoms with E-state index in [1.807, 2.05) is 19.9 Å². The largest absolute Gasteiger partial charge is 0.487 e. The summed E-state index contributed by atoms with van der Waals surface area (Å²) < 4.78 is 53.5. The van der Waals surface area contributed by atoms with Gasteiger partial charge in [-0.1, -0.05) is 27.7 Å². The molecule has 2 aliphatic rings. The number of anilines is 2. The summed E-state index contributed by atoms with van der Waals surface area (Å²) in [7, 11) is 0. The fraction of sp³-hybridized carbons (Fsp3) is 0.533. The topological polar surface area (TPSA) is 348 Å². The molecule has 0 spiro atoms. The lowest BCUT2D eigenvalue weighted by Crippen LogP contribution is -2.45. The Kier molecular flexibility index (Phi) is 24.8. The van der Waals surface area contributed by atoms with Crippen LogP contribution in [0.2, 0.25) is 0 Å². The van der Waals surface area contributed by atoms with Gasteiger partial charge in [0.2, 0.25) is 5.91 Å². The molecule has 0 aliphatic carbocycles. The first-order valence-corrected chi connectivity index (χ1v) is 29.1. The number of carbonyl (C=O) groups is 4. The van der Waals surface area contributed by atoms with Gasteiger partial charge in [0, 0.05) is 69.5 Å². The first-order chi connectivity index (χ1) is 41.9. The third-order valence-electron chi connectivity index (χ3n) is 13.5. The van der Waals surface area contributed by atoms with Gasteiger partial charge in [-0.15, -0.1) is 0 Å². The van der Waals surface area contributed by atoms with Gasteiger partial charge in [-0.2, -0.15) is 10.5 Å². The van der Waals surface area contributed by atoms with E-state index in [9.17, 15) is 19.2 Å². The summed E-state index contributed by atoms with van der Waals surface area (Å²) in [5, 5.41) is 27.8. The highest BCUT2D eigenvalue weighted by Crippen LogP contribution is 2.32. The van der Waals surface area contributed by atoms with Crippen molar-refractivity contribution in [2.24, 2.45) is 17.6 Å². The lowest BCUT2D eigenvalue weighted by atomic mass is 10.0. The monoisotopic (exact) mass is 1200 g/mol. The van der Waals surface area contributed by atoms with Gasteiger partial charge in [-0.25, -0.2) is 34.7 Å². The van der Waals surface area contributed by atoms with Crippen LogP contribution in [0.3, 0.4) is 0 Å². The number of pyridine rings is 4. The molecule has 87 heavy (non-hydrogen) atoms. The van der Waals surface area contributed by atoms with E-state index >= 15 is 0 Å². The number of ether oxygens (including phenoxy) is 9. The second-order valence-corrected chi connectivity index (χ2v) is 22.1. The molecule has 1 amide bonds. The highest BCUT2D eigenvalue weighted by atomic mass is 16.6. The van der Waals surface area contributed by atoms with Crippen molar-refractivity contribution >= 4 is 57.8 Å². The van der Waals surface area contributed by atoms with E-state index in [-0.39, 0.29) is 83.0 Å². The second-order valence-electron chi connectivity index (χ2n) is 22.1. The van der Waals surface area contributed by atoms with Crippen molar-refractivity contribution in [3.05, 3.63) is 72.6 Å². The number of nitriles is 2. The Morgan fingerprint density at radius 1 is 0.644 bits per heavy atom. The Hall–Kier alpha value is -8.60. The van der Waals surface area contributed by atoms with Gasteiger partial charge in [0.15, 0.2) is 34.4 Å². The summed E-state index contributed by atoms with van der Waals surface area (Å²) >= 11 is 0. The summed E-state index contributed by atoms with van der Waals surface area (Å²) in [6, 6.07) is 13.5. The van der Waals surface area contributed by atoms with Crippen molar-refractivity contribution in [3.63, 3.8) is 0 Å². The lowest BCUT2D eigenvalue weighted by Gasteiger charge is -2.24. The van der Waals surface area contributed by atoms with Crippen LogP contribution in [-0.4, -0.2) is 172 Å². The average Bonchev–Trinajstić information content (AvgIpc) is 2.02. The number of hydrogen-bond donors (Lipinski definition) is 4. The van der Waals surface area contributed by atoms with Gasteiger partial charge in [0.05, 0.1) is 44.0 Å². The van der Waals surface area contributed by atoms with Crippen molar-refractivity contribution in [2.45, 2.75) is 117 Å². The zero-order chi connectivity index (χ0) is 62.3. The molecule has 6 aromatic heterocycles. The quantitative estimate of drug-likeness (QED) is 0.0261. The van der Waals surface area contributed by atoms with Gasteiger partial charge < -0.3 is 64.3 Å². The minimum absolute atomic E-state index is 0.0125. The number of nitrogens with one attached hydrogen (secondary N) is 3. The van der Waals surface area contributed by atoms with Crippen LogP contribution in [0, 0.1) is 34.5 Å². The molecule has 2 fully saturated rings. The van der Waals surface area contributed by atoms with Gasteiger partial charge in [-0.05, 0) is 82.6 Å². The number of esters is 3. The zero-order valence-corrected chi connectivity index (χ0v) is 50.3. The van der Waals surface area contributed by atoms with E-state index < -0.39 is 41.5 Å². The minimum atomic E-state index is -0.866. The Bertz CT molecular complexity index is 3290. The predicted molar refractivity (Wildman–Crippen MR) is 317 cm³/mol. The number of fused-ring (bicyclic) bond motifs is 2. The highest BCUT2D eigenvalue weighted by molar-refractivity contribution is 5.87. The molecule has 0 unspecified atom stereocenters. The van der Waals surface area contributed by atoms with Crippen LogP contribution >= 0.6 is 0 Å². The Morgan fingerprint density at radius 3 is 1.52 bits per heavy atom. The molecule has 5 N–H and O–H groups in total. The molecule has 2 saturated heterocycles. The molecular weight excluding hydrogens is 1120 g/mol. The molecule has 0 radical (unpaired) electrons. The summed E-state index contributed by atoms with van der Waals surface area (Å²) in [5.41, 5.74) is 8.50. The molecular formula is C60H78N14O13. The molecule has 466 valence electrons. The number of aromatic nitrogens is 8. The maximum atomic E-state index is 12.7. The first-order valence-electron chi connectivity index (χ1n) is 29.1. The number of nitrogens with two attached hydrogens (primary N) is 1. The van der Waals surface area contributed by atoms with Gasteiger partial charge in [0.1, 0.15) is 91.6 Å². The van der Waals surface area contributed by atoms with Crippen molar-refractivity contribution in [2.75, 3.05) is 89.9 Å². The predicted octanol–water partition coefficient (Wildman–Crippen LogP) is 5.68. The minimum Gasteiger partial charge on any atom is -0.487 e. The maximum Gasteiger partial charge on any atom is 0.328 e. The van der Waals surface area contributed by atoms with Crippen molar-refractivity contribution in [1.82, 2.24) is 44.4 Å². The third-order valence-corrected chi connectivity index (χ3v) is 13.5. The fourth-order valence-corrected chi connectivity index (χ4v) is 8.70. The van der Waals surface area contributed by atoms with E-state index in [0.717, 1.165) is 25.7 Å². The van der Waals surface area contributed by atoms with Crippen molar-refractivity contribution in [1.29, 1.82) is 10.5 Å². The normalized spacial score (nSPS) is 14.5. The van der Waals surface area contributed by atoms with Crippen LogP contribution in [-0.2, 0) is 52.3 Å². The summed E-state index contributed by atoms with van der Waals surface area (Å²) in [6.07, 6.45) is 9.46. The van der Waals surface area contributed by atoms with E-state index in [1.165, 1.54) is 12.4 Å². The molecule has 27 heteroatoms. The van der Waals surface area contributed by atoms with E-state index in [1.54, 1.807) is 86.7 Å². The molecule has 27 nitrogen and oxygen atoms in total. The summed E-state index contributed by atoms with van der Waals surface area (Å²) in [5.74, 6) is 1.24. The fourth-order valence-electron chi connectivity index (χ4n) is 8.70. The molecule has 0 saturated carbocycles. The van der Waals surface area contributed by atoms with Gasteiger partial charge in [0.25, 0.3) is 0 Å². The van der Waals surface area contributed by atoms with E-state index in [0.29, 0.717) is 101 Å². The lowest BCUT2D eigenvalue weighted by molar-refractivity contribution is -0.156. The second kappa shape index (κ2) is 32.8. The number of rotatable bonds is 28. The molecule has 6 aromatic rings. The van der Waals surface area contributed by atoms with Crippen LogP contribution in [0.5, 0.6) is 11.5 Å². The van der Waals surface area contributed by atoms with Gasteiger partial charge >= 0.3 is 17.9 Å². The Labute approximate surface area is 504 Å². The average molecular weight is 1200 g/mol. The molecule has 8 rings (SSSR count). The maximum absolute atomic E-state index is 12.7. The third kappa shape index (κ3) is 20.3. The summed E-state index contributed by atoms with van der Waals surface area (Å²) in [6.45, 7) is 16.7. The first kappa shape index (κ1) is 65.9. The van der Waals surface area contributed by atoms with Crippen molar-refractivity contribution < 1.29 is 61.8 Å². The molecule has 2 aliphatic heterocycles. The number of amides is 1. The number of imidazole rings is 2. The van der Waals surface area contributed by atoms with E-state index in [2.05, 4.69) is 48.0 Å². The Balaban J connectivity index is 0.000000256. The number of nitrogens with zero attached hydrogens (tertiary/aromatic N) is 10.